The van der Waals surface area contributed by atoms with Crippen molar-refractivity contribution in [2.75, 3.05) is 4.90 Å². The number of anilines is 1. The van der Waals surface area contributed by atoms with E-state index in [-0.39, 0.29) is 17.1 Å². The van der Waals surface area contributed by atoms with Crippen LogP contribution in [0.25, 0.3) is 0 Å². The van der Waals surface area contributed by atoms with Gasteiger partial charge >= 0.3 is 0 Å². The number of hydrogen-bond donors (Lipinski definition) is 0. The maximum absolute atomic E-state index is 12.7. The highest BCUT2D eigenvalue weighted by molar-refractivity contribution is 8.15. The lowest BCUT2D eigenvalue weighted by atomic mass is 9.92. The number of benzene rings is 1. The largest absolute Gasteiger partial charge is 0.293 e. The van der Waals surface area contributed by atoms with E-state index in [0.717, 1.165) is 22.9 Å². The smallest absolute Gasteiger partial charge is 0.273 e. The molecule has 1 heterocycles. The highest BCUT2D eigenvalue weighted by Crippen LogP contribution is 2.38. The number of thioether (sulfide) groups is 1. The Labute approximate surface area is 149 Å². The molecule has 0 radical (unpaired) electrons. The van der Waals surface area contributed by atoms with Crippen molar-refractivity contribution in [1.82, 2.24) is 0 Å². The average Bonchev–Trinajstić information content (AvgIpc) is 2.92. The van der Waals surface area contributed by atoms with Gasteiger partial charge in [-0.15, -0.1) is 0 Å². The molecule has 0 aliphatic carbocycles. The topological polar surface area (TPSA) is 37.4 Å². The zero-order chi connectivity index (χ0) is 18.3. The van der Waals surface area contributed by atoms with E-state index in [0.29, 0.717) is 5.69 Å². The number of rotatable bonds is 5. The van der Waals surface area contributed by atoms with E-state index in [1.54, 1.807) is 24.3 Å². The predicted octanol–water partition coefficient (Wildman–Crippen LogP) is 5.61. The summed E-state index contributed by atoms with van der Waals surface area (Å²) in [5.74, 6) is -0.282. The summed E-state index contributed by atoms with van der Waals surface area (Å²) in [4.78, 5) is 26.2. The molecule has 1 aromatic rings. The number of para-hydroxylation sites is 1. The molecule has 0 spiro atoms. The van der Waals surface area contributed by atoms with Crippen LogP contribution in [0.1, 0.15) is 27.7 Å². The van der Waals surface area contributed by atoms with Crippen LogP contribution in [0.15, 0.2) is 66.8 Å². The molecule has 1 aliphatic heterocycles. The monoisotopic (exact) mass is 343 g/mol. The van der Waals surface area contributed by atoms with Gasteiger partial charge in [-0.05, 0) is 42.0 Å². The van der Waals surface area contributed by atoms with Gasteiger partial charge in [-0.25, -0.2) is 4.90 Å². The van der Waals surface area contributed by atoms with Crippen LogP contribution in [0, 0.1) is 5.92 Å². The third kappa shape index (κ3) is 4.06. The van der Waals surface area contributed by atoms with E-state index in [1.165, 1.54) is 4.90 Å². The van der Waals surface area contributed by atoms with Gasteiger partial charge in [0.25, 0.3) is 5.24 Å². The molecule has 0 bridgehead atoms. The van der Waals surface area contributed by atoms with Crippen LogP contribution in [-0.2, 0) is 4.79 Å². The molecule has 1 aromatic carbocycles. The lowest BCUT2D eigenvalue weighted by Gasteiger charge is -2.20. The van der Waals surface area contributed by atoms with Crippen molar-refractivity contribution in [3.05, 3.63) is 66.8 Å². The molecule has 128 valence electrons. The lowest BCUT2D eigenvalue weighted by molar-refractivity contribution is -0.117. The van der Waals surface area contributed by atoms with E-state index < -0.39 is 5.25 Å². The number of amides is 2. The van der Waals surface area contributed by atoms with Crippen molar-refractivity contribution >= 4 is 28.6 Å². The first-order valence-electron chi connectivity index (χ1n) is 8.06. The van der Waals surface area contributed by atoms with Crippen molar-refractivity contribution in [3.63, 3.8) is 0 Å². The fourth-order valence-electron chi connectivity index (χ4n) is 2.54. The fourth-order valence-corrected chi connectivity index (χ4v) is 3.62. The van der Waals surface area contributed by atoms with Gasteiger partial charge in [-0.2, -0.15) is 0 Å². The van der Waals surface area contributed by atoms with Crippen LogP contribution < -0.4 is 4.90 Å². The molecule has 4 heteroatoms. The summed E-state index contributed by atoms with van der Waals surface area (Å²) in [5, 5.41) is -0.664. The Kier molecular flexibility index (Phi) is 7.72. The summed E-state index contributed by atoms with van der Waals surface area (Å²) in [7, 11) is 0. The minimum atomic E-state index is -0.435. The molecule has 2 rings (SSSR count). The van der Waals surface area contributed by atoms with Crippen LogP contribution in [0.2, 0.25) is 0 Å². The Morgan fingerprint density at radius 2 is 1.75 bits per heavy atom. The lowest BCUT2D eigenvalue weighted by Crippen LogP contribution is -2.34. The van der Waals surface area contributed by atoms with Gasteiger partial charge in [-0.1, -0.05) is 64.3 Å². The second-order valence-corrected chi connectivity index (χ2v) is 6.24. The van der Waals surface area contributed by atoms with Crippen LogP contribution in [0.4, 0.5) is 10.5 Å². The third-order valence-corrected chi connectivity index (χ3v) is 5.06. The summed E-state index contributed by atoms with van der Waals surface area (Å²) in [6.45, 7) is 15.5. The van der Waals surface area contributed by atoms with E-state index in [1.807, 2.05) is 45.9 Å². The molecular formula is C20H25NO2S. The second-order valence-electron chi connectivity index (χ2n) is 5.15. The molecule has 2 amide bonds. The number of imide groups is 1. The average molecular weight is 343 g/mol. The molecule has 2 atom stereocenters. The Morgan fingerprint density at radius 3 is 2.25 bits per heavy atom. The van der Waals surface area contributed by atoms with E-state index in [4.69, 9.17) is 0 Å². The van der Waals surface area contributed by atoms with Crippen LogP contribution >= 0.6 is 11.8 Å². The highest BCUT2D eigenvalue weighted by Gasteiger charge is 2.43. The maximum atomic E-state index is 12.7. The van der Waals surface area contributed by atoms with Gasteiger partial charge in [0.1, 0.15) is 5.25 Å². The normalized spacial score (nSPS) is 19.2. The van der Waals surface area contributed by atoms with Crippen LogP contribution in [0.3, 0.4) is 0 Å². The zero-order valence-electron chi connectivity index (χ0n) is 14.8. The predicted molar refractivity (Wildman–Crippen MR) is 104 cm³/mol. The summed E-state index contributed by atoms with van der Waals surface area (Å²) < 4.78 is 0. The molecule has 1 aliphatic rings. The van der Waals surface area contributed by atoms with E-state index in [2.05, 4.69) is 13.2 Å². The number of carbonyl (C=O) groups is 2. The molecule has 1 fully saturated rings. The summed E-state index contributed by atoms with van der Waals surface area (Å²) in [5.41, 5.74) is 2.54. The van der Waals surface area contributed by atoms with Gasteiger partial charge in [0, 0.05) is 5.92 Å². The first-order chi connectivity index (χ1) is 11.5. The molecule has 0 aromatic heterocycles. The van der Waals surface area contributed by atoms with E-state index in [9.17, 15) is 9.59 Å². The molecule has 2 unspecified atom stereocenters. The molecule has 0 N–H and O–H groups in total. The Hall–Kier alpha value is -2.07. The first kappa shape index (κ1) is 20.0. The molecule has 24 heavy (non-hydrogen) atoms. The maximum Gasteiger partial charge on any atom is 0.293 e. The minimum Gasteiger partial charge on any atom is -0.273 e. The van der Waals surface area contributed by atoms with Crippen LogP contribution in [-0.4, -0.2) is 16.4 Å². The number of hydrogen-bond acceptors (Lipinski definition) is 3. The number of carbonyl (C=O) groups excluding carboxylic acids is 2. The first-order valence-corrected chi connectivity index (χ1v) is 8.94. The Morgan fingerprint density at radius 1 is 1.17 bits per heavy atom. The highest BCUT2D eigenvalue weighted by atomic mass is 32.2. The van der Waals surface area contributed by atoms with Gasteiger partial charge in [0.05, 0.1) is 5.69 Å². The second kappa shape index (κ2) is 9.28. The van der Waals surface area contributed by atoms with Gasteiger partial charge in [-0.3, -0.25) is 9.59 Å². The van der Waals surface area contributed by atoms with Gasteiger partial charge in [0.2, 0.25) is 5.91 Å². The van der Waals surface area contributed by atoms with Crippen molar-refractivity contribution < 1.29 is 9.59 Å². The number of allylic oxidation sites excluding steroid dienone is 4. The van der Waals surface area contributed by atoms with Crippen molar-refractivity contribution in [1.29, 1.82) is 0 Å². The summed E-state index contributed by atoms with van der Waals surface area (Å²) >= 11 is 1.08. The fraction of sp³-hybridized carbons (Fsp3) is 0.300. The molecule has 1 saturated heterocycles. The number of nitrogens with zero attached hydrogens (tertiary/aromatic N) is 1. The Balaban J connectivity index is 0.00000139. The molecule has 0 saturated carbocycles. The van der Waals surface area contributed by atoms with Crippen LogP contribution in [0.5, 0.6) is 0 Å². The Bertz CT molecular complexity index is 649. The van der Waals surface area contributed by atoms with Crippen molar-refractivity contribution in [2.45, 2.75) is 32.9 Å². The van der Waals surface area contributed by atoms with Crippen molar-refractivity contribution in [3.8, 4) is 0 Å². The molecular weight excluding hydrogens is 318 g/mol. The van der Waals surface area contributed by atoms with Gasteiger partial charge < -0.3 is 0 Å². The third-order valence-electron chi connectivity index (χ3n) is 3.81. The quantitative estimate of drug-likeness (QED) is 0.652. The molecule has 3 nitrogen and oxygen atoms in total. The van der Waals surface area contributed by atoms with E-state index >= 15 is 0 Å². The SMILES string of the molecule is C=C/C(C)=C(\C=C)C(C)C1SC(=O)N(c2ccccc2)C1=O.CC. The minimum absolute atomic E-state index is 0.106. The van der Waals surface area contributed by atoms with Crippen molar-refractivity contribution in [2.24, 2.45) is 5.92 Å². The zero-order valence-corrected chi connectivity index (χ0v) is 15.6. The van der Waals surface area contributed by atoms with Gasteiger partial charge in [0.15, 0.2) is 0 Å². The summed E-state index contributed by atoms with van der Waals surface area (Å²) in [6, 6.07) is 9.02. The summed E-state index contributed by atoms with van der Waals surface area (Å²) in [6.07, 6.45) is 3.49. The standard InChI is InChI=1S/C18H19NO2S.C2H6/c1-5-12(3)15(6-2)13(4)16-17(20)19(18(21)22-16)14-10-8-7-9-11-14;1-2/h5-11,13,16H,1-2H2,3-4H3;1-2H3/b15-12+;.